The highest BCUT2D eigenvalue weighted by molar-refractivity contribution is 7.89. The summed E-state index contributed by atoms with van der Waals surface area (Å²) in [5.41, 5.74) is 0.908. The quantitative estimate of drug-likeness (QED) is 0.713. The first-order valence-electron chi connectivity index (χ1n) is 10.1. The minimum atomic E-state index is -3.52. The van der Waals surface area contributed by atoms with Crippen LogP contribution in [0.3, 0.4) is 0 Å². The lowest BCUT2D eigenvalue weighted by molar-refractivity contribution is 0.344. The number of oxazole rings is 1. The fraction of sp³-hybridized carbons (Fsp3) is 0.524. The summed E-state index contributed by atoms with van der Waals surface area (Å²) in [5, 5.41) is 9.52. The van der Waals surface area contributed by atoms with Crippen LogP contribution in [0.25, 0.3) is 11.5 Å². The van der Waals surface area contributed by atoms with Gasteiger partial charge in [0.1, 0.15) is 6.07 Å². The minimum Gasteiger partial charge on any atom is -0.419 e. The summed E-state index contributed by atoms with van der Waals surface area (Å²) in [6.45, 7) is 10.5. The van der Waals surface area contributed by atoms with E-state index in [1.54, 1.807) is 24.3 Å². The van der Waals surface area contributed by atoms with Gasteiger partial charge in [0.25, 0.3) is 0 Å². The molecule has 2 aromatic rings. The molecular formula is C21H28N4O3S. The maximum Gasteiger partial charge on any atom is 0.243 e. The van der Waals surface area contributed by atoms with Crippen molar-refractivity contribution in [2.45, 2.75) is 39.0 Å². The van der Waals surface area contributed by atoms with E-state index in [0.29, 0.717) is 42.3 Å². The van der Waals surface area contributed by atoms with Gasteiger partial charge in [-0.15, -0.1) is 0 Å². The number of nitriles is 1. The van der Waals surface area contributed by atoms with Gasteiger partial charge in [-0.05, 0) is 42.5 Å². The molecule has 156 valence electrons. The zero-order valence-electron chi connectivity index (χ0n) is 17.4. The van der Waals surface area contributed by atoms with Crippen LogP contribution in [0, 0.1) is 23.2 Å². The third-order valence-electron chi connectivity index (χ3n) is 5.32. The molecule has 2 heterocycles. The molecule has 1 fully saturated rings. The van der Waals surface area contributed by atoms with E-state index in [0.717, 1.165) is 19.5 Å². The van der Waals surface area contributed by atoms with Crippen LogP contribution in [0.1, 0.15) is 39.8 Å². The number of hydrogen-bond acceptors (Lipinski definition) is 6. The molecule has 1 saturated heterocycles. The highest BCUT2D eigenvalue weighted by Crippen LogP contribution is 2.33. The molecule has 0 saturated carbocycles. The van der Waals surface area contributed by atoms with Crippen molar-refractivity contribution in [2.24, 2.45) is 11.8 Å². The number of sulfonamides is 1. The van der Waals surface area contributed by atoms with E-state index in [-0.39, 0.29) is 10.6 Å². The van der Waals surface area contributed by atoms with Crippen LogP contribution in [0.5, 0.6) is 0 Å². The molecule has 0 spiro atoms. The van der Waals surface area contributed by atoms with Gasteiger partial charge in [-0.25, -0.2) is 8.42 Å². The van der Waals surface area contributed by atoms with Crippen molar-refractivity contribution in [2.75, 3.05) is 31.1 Å². The summed E-state index contributed by atoms with van der Waals surface area (Å²) in [4.78, 5) is 6.68. The van der Waals surface area contributed by atoms with Gasteiger partial charge in [0.15, 0.2) is 0 Å². The molecule has 0 bridgehead atoms. The zero-order chi connectivity index (χ0) is 21.2. The molecule has 1 aromatic carbocycles. The number of rotatable bonds is 6. The fourth-order valence-electron chi connectivity index (χ4n) is 4.03. The largest absolute Gasteiger partial charge is 0.419 e. The summed E-state index contributed by atoms with van der Waals surface area (Å²) in [6, 6.07) is 8.60. The molecule has 2 atom stereocenters. The molecular weight excluding hydrogens is 388 g/mol. The first-order valence-corrected chi connectivity index (χ1v) is 11.5. The fourth-order valence-corrected chi connectivity index (χ4v) is 5.49. The van der Waals surface area contributed by atoms with Gasteiger partial charge in [-0.1, -0.05) is 27.7 Å². The molecule has 3 rings (SSSR count). The zero-order valence-corrected chi connectivity index (χ0v) is 18.2. The van der Waals surface area contributed by atoms with Gasteiger partial charge in [-0.3, -0.25) is 0 Å². The molecule has 0 amide bonds. The van der Waals surface area contributed by atoms with Gasteiger partial charge in [0.2, 0.25) is 27.5 Å². The van der Waals surface area contributed by atoms with Crippen LogP contribution >= 0.6 is 0 Å². The Morgan fingerprint density at radius 1 is 1.17 bits per heavy atom. The number of anilines is 1. The Kier molecular flexibility index (Phi) is 6.30. The van der Waals surface area contributed by atoms with E-state index >= 15 is 0 Å². The summed E-state index contributed by atoms with van der Waals surface area (Å²) >= 11 is 0. The number of hydrogen-bond donors (Lipinski definition) is 0. The Bertz CT molecular complexity index is 978. The second-order valence-electron chi connectivity index (χ2n) is 7.75. The van der Waals surface area contributed by atoms with E-state index < -0.39 is 10.0 Å². The monoisotopic (exact) mass is 416 g/mol. The Morgan fingerprint density at radius 3 is 2.28 bits per heavy atom. The summed E-state index contributed by atoms with van der Waals surface area (Å²) < 4.78 is 32.7. The molecule has 1 aromatic heterocycles. The van der Waals surface area contributed by atoms with Gasteiger partial charge < -0.3 is 9.32 Å². The highest BCUT2D eigenvalue weighted by atomic mass is 32.2. The molecule has 7 nitrogen and oxygen atoms in total. The molecule has 2 unspecified atom stereocenters. The molecule has 8 heteroatoms. The second kappa shape index (κ2) is 8.56. The van der Waals surface area contributed by atoms with Crippen molar-refractivity contribution in [3.63, 3.8) is 0 Å². The van der Waals surface area contributed by atoms with Crippen molar-refractivity contribution >= 4 is 15.9 Å². The van der Waals surface area contributed by atoms with E-state index in [4.69, 9.17) is 4.42 Å². The van der Waals surface area contributed by atoms with Crippen LogP contribution in [0.15, 0.2) is 33.6 Å². The number of piperidine rings is 1. The van der Waals surface area contributed by atoms with Crippen molar-refractivity contribution in [3.8, 4) is 17.5 Å². The topological polar surface area (TPSA) is 90.4 Å². The summed E-state index contributed by atoms with van der Waals surface area (Å²) in [7, 11) is -3.52. The third kappa shape index (κ3) is 4.31. The lowest BCUT2D eigenvalue weighted by Crippen LogP contribution is -2.38. The summed E-state index contributed by atoms with van der Waals surface area (Å²) in [5.74, 6) is 1.86. The first kappa shape index (κ1) is 21.3. The number of aromatic nitrogens is 1. The molecule has 1 aliphatic rings. The van der Waals surface area contributed by atoms with E-state index in [9.17, 15) is 13.7 Å². The Balaban J connectivity index is 1.90. The van der Waals surface area contributed by atoms with Crippen molar-refractivity contribution in [1.29, 1.82) is 5.26 Å². The molecule has 29 heavy (non-hydrogen) atoms. The lowest BCUT2D eigenvalue weighted by atomic mass is 9.92. The SMILES string of the molecule is CCN(CC)S(=O)(=O)c1ccc(-c2nc(C#N)c(N3CC(C)CC(C)C3)o2)cc1. The standard InChI is InChI=1S/C21H28N4O3S/c1-5-25(6-2)29(26,27)18-9-7-17(8-10-18)20-23-19(12-22)21(28-20)24-13-15(3)11-16(4)14-24/h7-10,15-16H,5-6,11,13-14H2,1-4H3. The molecule has 0 radical (unpaired) electrons. The predicted octanol–water partition coefficient (Wildman–Crippen LogP) is 3.73. The van der Waals surface area contributed by atoms with E-state index in [2.05, 4.69) is 29.8 Å². The Hall–Kier alpha value is -2.37. The first-order chi connectivity index (χ1) is 13.8. The van der Waals surface area contributed by atoms with Gasteiger partial charge >= 0.3 is 0 Å². The van der Waals surface area contributed by atoms with Gasteiger partial charge in [0, 0.05) is 31.7 Å². The average Bonchev–Trinajstić information content (AvgIpc) is 3.12. The van der Waals surface area contributed by atoms with Crippen molar-refractivity contribution in [1.82, 2.24) is 9.29 Å². The van der Waals surface area contributed by atoms with Crippen LogP contribution in [0.2, 0.25) is 0 Å². The molecule has 1 aliphatic heterocycles. The average molecular weight is 417 g/mol. The van der Waals surface area contributed by atoms with Gasteiger partial charge in [-0.2, -0.15) is 14.6 Å². The lowest BCUT2D eigenvalue weighted by Gasteiger charge is -2.34. The normalized spacial score (nSPS) is 20.1. The van der Waals surface area contributed by atoms with Crippen molar-refractivity contribution in [3.05, 3.63) is 30.0 Å². The second-order valence-corrected chi connectivity index (χ2v) is 9.69. The van der Waals surface area contributed by atoms with Crippen LogP contribution in [-0.4, -0.2) is 43.9 Å². The van der Waals surface area contributed by atoms with Crippen molar-refractivity contribution < 1.29 is 12.8 Å². The minimum absolute atomic E-state index is 0.232. The highest BCUT2D eigenvalue weighted by Gasteiger charge is 2.28. The smallest absolute Gasteiger partial charge is 0.243 e. The van der Waals surface area contributed by atoms with E-state index in [1.807, 2.05) is 13.8 Å². The van der Waals surface area contributed by atoms with Crippen LogP contribution < -0.4 is 4.90 Å². The Labute approximate surface area is 173 Å². The van der Waals surface area contributed by atoms with Crippen LogP contribution in [-0.2, 0) is 10.0 Å². The van der Waals surface area contributed by atoms with Crippen LogP contribution in [0.4, 0.5) is 5.88 Å². The van der Waals surface area contributed by atoms with Gasteiger partial charge in [0.05, 0.1) is 4.90 Å². The maximum atomic E-state index is 12.7. The molecule has 0 aliphatic carbocycles. The predicted molar refractivity (Wildman–Crippen MR) is 112 cm³/mol. The number of nitrogens with zero attached hydrogens (tertiary/aromatic N) is 4. The molecule has 0 N–H and O–H groups in total. The Morgan fingerprint density at radius 2 is 1.76 bits per heavy atom. The summed E-state index contributed by atoms with van der Waals surface area (Å²) in [6.07, 6.45) is 1.15. The number of benzene rings is 1. The van der Waals surface area contributed by atoms with E-state index in [1.165, 1.54) is 4.31 Å². The maximum absolute atomic E-state index is 12.7. The third-order valence-corrected chi connectivity index (χ3v) is 7.38.